The van der Waals surface area contributed by atoms with Crippen molar-refractivity contribution in [1.82, 2.24) is 10.2 Å². The van der Waals surface area contributed by atoms with E-state index < -0.39 is 0 Å². The van der Waals surface area contributed by atoms with Gasteiger partial charge in [0, 0.05) is 12.3 Å². The second kappa shape index (κ2) is 10.4. The summed E-state index contributed by atoms with van der Waals surface area (Å²) in [5.74, 6) is 2.72. The standard InChI is InChI=1S/C13H28N2S/c1-2-14-8-5-3-4-6-9-15-10-7-12-16-13-11-15/h14H,2-13H2,1H3. The van der Waals surface area contributed by atoms with E-state index in [2.05, 4.69) is 28.9 Å². The average Bonchev–Trinajstić information content (AvgIpc) is 2.56. The summed E-state index contributed by atoms with van der Waals surface area (Å²) in [5.41, 5.74) is 0. The summed E-state index contributed by atoms with van der Waals surface area (Å²) >= 11 is 2.12. The molecule has 0 aliphatic carbocycles. The third-order valence-corrected chi connectivity index (χ3v) is 4.19. The summed E-state index contributed by atoms with van der Waals surface area (Å²) in [6, 6.07) is 0. The van der Waals surface area contributed by atoms with Crippen molar-refractivity contribution >= 4 is 11.8 Å². The van der Waals surface area contributed by atoms with Gasteiger partial charge in [-0.25, -0.2) is 0 Å². The molecule has 0 aromatic carbocycles. The molecule has 0 radical (unpaired) electrons. The fourth-order valence-electron chi connectivity index (χ4n) is 2.14. The van der Waals surface area contributed by atoms with Crippen LogP contribution < -0.4 is 5.32 Å². The maximum Gasteiger partial charge on any atom is 0.00723 e. The van der Waals surface area contributed by atoms with Crippen LogP contribution in [0.5, 0.6) is 0 Å². The molecule has 0 bridgehead atoms. The number of unbranched alkanes of at least 4 members (excludes halogenated alkanes) is 3. The monoisotopic (exact) mass is 244 g/mol. The maximum atomic E-state index is 3.38. The lowest BCUT2D eigenvalue weighted by Gasteiger charge is -2.18. The van der Waals surface area contributed by atoms with Gasteiger partial charge in [-0.3, -0.25) is 0 Å². The zero-order valence-corrected chi connectivity index (χ0v) is 11.7. The summed E-state index contributed by atoms with van der Waals surface area (Å²) in [6.07, 6.45) is 6.95. The Morgan fingerprint density at radius 2 is 1.94 bits per heavy atom. The quantitative estimate of drug-likeness (QED) is 0.661. The molecule has 1 heterocycles. The molecule has 2 nitrogen and oxygen atoms in total. The first-order valence-corrected chi connectivity index (χ1v) is 8.09. The molecule has 1 N–H and O–H groups in total. The van der Waals surface area contributed by atoms with Crippen molar-refractivity contribution in [3.05, 3.63) is 0 Å². The highest BCUT2D eigenvalue weighted by Crippen LogP contribution is 2.11. The molecule has 0 spiro atoms. The molecule has 0 atom stereocenters. The topological polar surface area (TPSA) is 15.3 Å². The Hall–Kier alpha value is 0.270. The third kappa shape index (κ3) is 7.53. The number of hydrogen-bond acceptors (Lipinski definition) is 3. The predicted octanol–water partition coefficient (Wildman–Crippen LogP) is 2.60. The molecule has 16 heavy (non-hydrogen) atoms. The lowest BCUT2D eigenvalue weighted by molar-refractivity contribution is 0.287. The molecule has 0 saturated carbocycles. The largest absolute Gasteiger partial charge is 0.317 e. The van der Waals surface area contributed by atoms with Crippen LogP contribution in [-0.4, -0.2) is 49.1 Å². The van der Waals surface area contributed by atoms with Gasteiger partial charge in [-0.15, -0.1) is 0 Å². The summed E-state index contributed by atoms with van der Waals surface area (Å²) in [7, 11) is 0. The zero-order valence-electron chi connectivity index (χ0n) is 10.8. The maximum absolute atomic E-state index is 3.38. The van der Waals surface area contributed by atoms with Crippen molar-refractivity contribution in [2.75, 3.05) is 44.2 Å². The van der Waals surface area contributed by atoms with E-state index in [1.807, 2.05) is 0 Å². The van der Waals surface area contributed by atoms with Crippen molar-refractivity contribution < 1.29 is 0 Å². The molecule has 0 unspecified atom stereocenters. The van der Waals surface area contributed by atoms with E-state index in [0.29, 0.717) is 0 Å². The second-order valence-electron chi connectivity index (χ2n) is 4.58. The molecule has 1 aliphatic rings. The number of thioether (sulfide) groups is 1. The Morgan fingerprint density at radius 1 is 1.06 bits per heavy atom. The first-order chi connectivity index (χ1) is 7.93. The van der Waals surface area contributed by atoms with E-state index in [4.69, 9.17) is 0 Å². The van der Waals surface area contributed by atoms with Crippen LogP contribution in [0.15, 0.2) is 0 Å². The first kappa shape index (κ1) is 14.3. The predicted molar refractivity (Wildman–Crippen MR) is 75.4 cm³/mol. The van der Waals surface area contributed by atoms with Crippen LogP contribution in [0.3, 0.4) is 0 Å². The minimum Gasteiger partial charge on any atom is -0.317 e. The molecule has 0 amide bonds. The van der Waals surface area contributed by atoms with E-state index in [1.54, 1.807) is 0 Å². The molecule has 0 aromatic heterocycles. The molecule has 0 aromatic rings. The minimum absolute atomic E-state index is 1.12. The Balaban J connectivity index is 1.86. The molecular formula is C13H28N2S. The average molecular weight is 244 g/mol. The van der Waals surface area contributed by atoms with E-state index >= 15 is 0 Å². The van der Waals surface area contributed by atoms with Gasteiger partial charge < -0.3 is 10.2 Å². The number of hydrogen-bond donors (Lipinski definition) is 1. The van der Waals surface area contributed by atoms with Crippen LogP contribution in [0.4, 0.5) is 0 Å². The smallest absolute Gasteiger partial charge is 0.00723 e. The van der Waals surface area contributed by atoms with E-state index in [-0.39, 0.29) is 0 Å². The number of nitrogens with one attached hydrogen (secondary N) is 1. The summed E-state index contributed by atoms with van der Waals surface area (Å²) in [4.78, 5) is 2.66. The van der Waals surface area contributed by atoms with Gasteiger partial charge in [0.15, 0.2) is 0 Å². The van der Waals surface area contributed by atoms with Crippen LogP contribution >= 0.6 is 11.8 Å². The third-order valence-electron chi connectivity index (χ3n) is 3.14. The van der Waals surface area contributed by atoms with Crippen LogP contribution in [0.2, 0.25) is 0 Å². The van der Waals surface area contributed by atoms with Gasteiger partial charge >= 0.3 is 0 Å². The minimum atomic E-state index is 1.12. The van der Waals surface area contributed by atoms with E-state index in [9.17, 15) is 0 Å². The second-order valence-corrected chi connectivity index (χ2v) is 5.80. The fourth-order valence-corrected chi connectivity index (χ4v) is 3.06. The lowest BCUT2D eigenvalue weighted by atomic mass is 10.2. The van der Waals surface area contributed by atoms with Gasteiger partial charge in [0.1, 0.15) is 0 Å². The Morgan fingerprint density at radius 3 is 2.81 bits per heavy atom. The highest BCUT2D eigenvalue weighted by molar-refractivity contribution is 7.99. The van der Waals surface area contributed by atoms with Crippen LogP contribution in [0, 0.1) is 0 Å². The Labute approximate surface area is 106 Å². The molecule has 1 aliphatic heterocycles. The fraction of sp³-hybridized carbons (Fsp3) is 1.00. The molecule has 96 valence electrons. The van der Waals surface area contributed by atoms with E-state index in [0.717, 1.165) is 6.54 Å². The number of nitrogens with zero attached hydrogens (tertiary/aromatic N) is 1. The Bertz CT molecular complexity index is 145. The molecule has 3 heteroatoms. The van der Waals surface area contributed by atoms with Gasteiger partial charge in [0.05, 0.1) is 0 Å². The van der Waals surface area contributed by atoms with Crippen molar-refractivity contribution in [2.24, 2.45) is 0 Å². The Kier molecular flexibility index (Phi) is 9.34. The van der Waals surface area contributed by atoms with Crippen molar-refractivity contribution in [3.63, 3.8) is 0 Å². The van der Waals surface area contributed by atoms with Crippen molar-refractivity contribution in [2.45, 2.75) is 39.0 Å². The van der Waals surface area contributed by atoms with Gasteiger partial charge in [-0.05, 0) is 51.2 Å². The SMILES string of the molecule is CCNCCCCCCN1CCCSCC1. The van der Waals surface area contributed by atoms with Crippen LogP contribution in [-0.2, 0) is 0 Å². The molecule has 1 saturated heterocycles. The highest BCUT2D eigenvalue weighted by atomic mass is 32.2. The van der Waals surface area contributed by atoms with E-state index in [1.165, 1.54) is 69.8 Å². The van der Waals surface area contributed by atoms with Gasteiger partial charge in [-0.1, -0.05) is 19.8 Å². The number of rotatable bonds is 8. The molecule has 1 rings (SSSR count). The van der Waals surface area contributed by atoms with Gasteiger partial charge in [-0.2, -0.15) is 11.8 Å². The highest BCUT2D eigenvalue weighted by Gasteiger charge is 2.07. The summed E-state index contributed by atoms with van der Waals surface area (Å²) in [6.45, 7) is 8.49. The zero-order chi connectivity index (χ0) is 11.5. The van der Waals surface area contributed by atoms with Gasteiger partial charge in [0.25, 0.3) is 0 Å². The summed E-state index contributed by atoms with van der Waals surface area (Å²) in [5, 5.41) is 3.38. The normalized spacial score (nSPS) is 18.6. The van der Waals surface area contributed by atoms with Crippen molar-refractivity contribution in [3.8, 4) is 0 Å². The summed E-state index contributed by atoms with van der Waals surface area (Å²) < 4.78 is 0. The van der Waals surface area contributed by atoms with Crippen LogP contribution in [0.25, 0.3) is 0 Å². The molecule has 1 fully saturated rings. The first-order valence-electron chi connectivity index (χ1n) is 6.94. The van der Waals surface area contributed by atoms with Crippen molar-refractivity contribution in [1.29, 1.82) is 0 Å². The van der Waals surface area contributed by atoms with Gasteiger partial charge in [0.2, 0.25) is 0 Å². The van der Waals surface area contributed by atoms with Crippen LogP contribution in [0.1, 0.15) is 39.0 Å². The lowest BCUT2D eigenvalue weighted by Crippen LogP contribution is -2.27. The molecular weight excluding hydrogens is 216 g/mol.